The predicted octanol–water partition coefficient (Wildman–Crippen LogP) is 2.86. The van der Waals surface area contributed by atoms with Gasteiger partial charge in [-0.25, -0.2) is 4.79 Å². The molecule has 1 atom stereocenters. The molecule has 7 nitrogen and oxygen atoms in total. The Morgan fingerprint density at radius 3 is 2.83 bits per heavy atom. The standard InChI is InChI=1S/C16H25N3O4/c1-15(2,3)22-14(20)19-8-7-16(4,10-19)21-9-12-17-13(23-18-12)11-5-6-11/h11H,5-10H2,1-4H3. The van der Waals surface area contributed by atoms with Gasteiger partial charge in [-0.05, 0) is 47.0 Å². The van der Waals surface area contributed by atoms with Crippen LogP contribution >= 0.6 is 0 Å². The summed E-state index contributed by atoms with van der Waals surface area (Å²) in [7, 11) is 0. The highest BCUT2D eigenvalue weighted by Gasteiger charge is 2.39. The van der Waals surface area contributed by atoms with Gasteiger partial charge in [0.05, 0.1) is 12.1 Å². The zero-order chi connectivity index (χ0) is 16.7. The number of aromatic nitrogens is 2. The second kappa shape index (κ2) is 5.78. The third-order valence-corrected chi connectivity index (χ3v) is 4.05. The maximum Gasteiger partial charge on any atom is 0.410 e. The summed E-state index contributed by atoms with van der Waals surface area (Å²) in [5.41, 5.74) is -0.891. The Morgan fingerprint density at radius 1 is 1.43 bits per heavy atom. The third kappa shape index (κ3) is 4.22. The molecule has 7 heteroatoms. The molecule has 1 aromatic rings. The molecule has 0 N–H and O–H groups in total. The number of carbonyl (C=O) groups is 1. The summed E-state index contributed by atoms with van der Waals surface area (Å²) in [6, 6.07) is 0. The molecule has 2 aliphatic rings. The van der Waals surface area contributed by atoms with E-state index in [9.17, 15) is 4.79 Å². The molecule has 0 radical (unpaired) electrons. The molecule has 1 aromatic heterocycles. The minimum Gasteiger partial charge on any atom is -0.444 e. The zero-order valence-corrected chi connectivity index (χ0v) is 14.3. The zero-order valence-electron chi connectivity index (χ0n) is 14.3. The molecule has 2 heterocycles. The Bertz CT molecular complexity index is 576. The number of carbonyl (C=O) groups excluding carboxylic acids is 1. The van der Waals surface area contributed by atoms with Gasteiger partial charge in [0.1, 0.15) is 12.2 Å². The van der Waals surface area contributed by atoms with Crippen LogP contribution in [0.2, 0.25) is 0 Å². The lowest BCUT2D eigenvalue weighted by atomic mass is 10.1. The molecular formula is C16H25N3O4. The SMILES string of the molecule is CC(C)(C)OC(=O)N1CCC(C)(OCc2noc(C3CC3)n2)C1. The first-order valence-corrected chi connectivity index (χ1v) is 8.18. The van der Waals surface area contributed by atoms with Crippen LogP contribution in [0.4, 0.5) is 4.79 Å². The Balaban J connectivity index is 1.50. The number of hydrogen-bond acceptors (Lipinski definition) is 6. The monoisotopic (exact) mass is 323 g/mol. The largest absolute Gasteiger partial charge is 0.444 e. The van der Waals surface area contributed by atoms with Gasteiger partial charge < -0.3 is 18.9 Å². The van der Waals surface area contributed by atoms with Crippen LogP contribution in [0.25, 0.3) is 0 Å². The molecule has 1 unspecified atom stereocenters. The second-order valence-electron chi connectivity index (χ2n) is 7.71. The van der Waals surface area contributed by atoms with E-state index in [1.54, 1.807) is 4.90 Å². The van der Waals surface area contributed by atoms with Gasteiger partial charge in [0.15, 0.2) is 5.82 Å². The highest BCUT2D eigenvalue weighted by atomic mass is 16.6. The average Bonchev–Trinajstić information content (AvgIpc) is 3.05. The molecule has 23 heavy (non-hydrogen) atoms. The van der Waals surface area contributed by atoms with E-state index in [1.807, 2.05) is 27.7 Å². The Hall–Kier alpha value is -1.63. The Morgan fingerprint density at radius 2 is 2.17 bits per heavy atom. The van der Waals surface area contributed by atoms with Crippen molar-refractivity contribution < 1.29 is 18.8 Å². The van der Waals surface area contributed by atoms with Crippen molar-refractivity contribution in [3.63, 3.8) is 0 Å². The maximum absolute atomic E-state index is 12.1. The number of amides is 1. The smallest absolute Gasteiger partial charge is 0.410 e. The van der Waals surface area contributed by atoms with Crippen LogP contribution in [0.1, 0.15) is 64.6 Å². The minimum absolute atomic E-state index is 0.291. The molecule has 1 saturated heterocycles. The fourth-order valence-corrected chi connectivity index (χ4v) is 2.59. The quantitative estimate of drug-likeness (QED) is 0.848. The van der Waals surface area contributed by atoms with E-state index < -0.39 is 11.2 Å². The summed E-state index contributed by atoms with van der Waals surface area (Å²) < 4.78 is 16.6. The maximum atomic E-state index is 12.1. The highest BCUT2D eigenvalue weighted by Crippen LogP contribution is 2.39. The third-order valence-electron chi connectivity index (χ3n) is 4.05. The second-order valence-corrected chi connectivity index (χ2v) is 7.71. The fraction of sp³-hybridized carbons (Fsp3) is 0.812. The molecular weight excluding hydrogens is 298 g/mol. The van der Waals surface area contributed by atoms with E-state index >= 15 is 0 Å². The molecule has 1 aliphatic carbocycles. The topological polar surface area (TPSA) is 77.7 Å². The Kier molecular flexibility index (Phi) is 4.08. The first-order chi connectivity index (χ1) is 10.7. The fourth-order valence-electron chi connectivity index (χ4n) is 2.59. The van der Waals surface area contributed by atoms with Gasteiger partial charge >= 0.3 is 6.09 Å². The van der Waals surface area contributed by atoms with Gasteiger partial charge in [-0.1, -0.05) is 5.16 Å². The summed E-state index contributed by atoms with van der Waals surface area (Å²) in [6.45, 7) is 9.04. The van der Waals surface area contributed by atoms with Gasteiger partial charge in [0.2, 0.25) is 5.89 Å². The summed E-state index contributed by atoms with van der Waals surface area (Å²) in [4.78, 5) is 18.2. The van der Waals surface area contributed by atoms with E-state index in [-0.39, 0.29) is 6.09 Å². The highest BCUT2D eigenvalue weighted by molar-refractivity contribution is 5.68. The van der Waals surface area contributed by atoms with Crippen molar-refractivity contribution in [2.75, 3.05) is 13.1 Å². The number of rotatable bonds is 4. The first kappa shape index (κ1) is 16.2. The van der Waals surface area contributed by atoms with Gasteiger partial charge in [-0.3, -0.25) is 0 Å². The van der Waals surface area contributed by atoms with Crippen LogP contribution in [0.5, 0.6) is 0 Å². The molecule has 1 aliphatic heterocycles. The van der Waals surface area contributed by atoms with E-state index in [4.69, 9.17) is 14.0 Å². The van der Waals surface area contributed by atoms with Crippen LogP contribution < -0.4 is 0 Å². The normalized spacial score (nSPS) is 25.0. The van der Waals surface area contributed by atoms with Crippen molar-refractivity contribution in [1.29, 1.82) is 0 Å². The van der Waals surface area contributed by atoms with Crippen LogP contribution in [-0.2, 0) is 16.1 Å². The molecule has 1 amide bonds. The minimum atomic E-state index is -0.485. The molecule has 0 bridgehead atoms. The predicted molar refractivity (Wildman–Crippen MR) is 81.9 cm³/mol. The first-order valence-electron chi connectivity index (χ1n) is 8.18. The van der Waals surface area contributed by atoms with Crippen molar-refractivity contribution in [1.82, 2.24) is 15.0 Å². The van der Waals surface area contributed by atoms with Gasteiger partial charge in [-0.2, -0.15) is 4.98 Å². The lowest BCUT2D eigenvalue weighted by Gasteiger charge is -2.27. The van der Waals surface area contributed by atoms with Crippen molar-refractivity contribution in [2.24, 2.45) is 0 Å². The summed E-state index contributed by atoms with van der Waals surface area (Å²) >= 11 is 0. The number of nitrogens with zero attached hydrogens (tertiary/aromatic N) is 3. The summed E-state index contributed by atoms with van der Waals surface area (Å²) in [5.74, 6) is 1.74. The summed E-state index contributed by atoms with van der Waals surface area (Å²) in [6.07, 6.45) is 2.73. The van der Waals surface area contributed by atoms with Crippen LogP contribution in [0, 0.1) is 0 Å². The molecule has 2 fully saturated rings. The van der Waals surface area contributed by atoms with Crippen molar-refractivity contribution in [2.45, 2.75) is 70.7 Å². The van der Waals surface area contributed by atoms with Crippen molar-refractivity contribution >= 4 is 6.09 Å². The molecule has 0 aromatic carbocycles. The molecule has 0 spiro atoms. The van der Waals surface area contributed by atoms with Gasteiger partial charge in [0.25, 0.3) is 0 Å². The summed E-state index contributed by atoms with van der Waals surface area (Å²) in [5, 5.41) is 3.96. The number of likely N-dealkylation sites (tertiary alicyclic amines) is 1. The van der Waals surface area contributed by atoms with Crippen molar-refractivity contribution in [3.05, 3.63) is 11.7 Å². The number of ether oxygens (including phenoxy) is 2. The Labute approximate surface area is 136 Å². The van der Waals surface area contributed by atoms with E-state index in [0.29, 0.717) is 31.4 Å². The van der Waals surface area contributed by atoms with E-state index in [2.05, 4.69) is 10.1 Å². The van der Waals surface area contributed by atoms with Crippen LogP contribution in [0.15, 0.2) is 4.52 Å². The van der Waals surface area contributed by atoms with E-state index in [1.165, 1.54) is 0 Å². The van der Waals surface area contributed by atoms with Gasteiger partial charge in [-0.15, -0.1) is 0 Å². The molecule has 128 valence electrons. The lowest BCUT2D eigenvalue weighted by Crippen LogP contribution is -2.39. The molecule has 3 rings (SSSR count). The van der Waals surface area contributed by atoms with Crippen molar-refractivity contribution in [3.8, 4) is 0 Å². The van der Waals surface area contributed by atoms with Crippen LogP contribution in [0.3, 0.4) is 0 Å². The number of hydrogen-bond donors (Lipinski definition) is 0. The van der Waals surface area contributed by atoms with Gasteiger partial charge in [0, 0.05) is 12.5 Å². The average molecular weight is 323 g/mol. The molecule has 1 saturated carbocycles. The van der Waals surface area contributed by atoms with E-state index in [0.717, 1.165) is 25.2 Å². The van der Waals surface area contributed by atoms with Crippen LogP contribution in [-0.4, -0.2) is 45.4 Å². The lowest BCUT2D eigenvalue weighted by molar-refractivity contribution is -0.0405.